The van der Waals surface area contributed by atoms with Crippen molar-refractivity contribution in [2.24, 2.45) is 0 Å². The van der Waals surface area contributed by atoms with Gasteiger partial charge in [0.15, 0.2) is 0 Å². The van der Waals surface area contributed by atoms with Gasteiger partial charge in [-0.15, -0.1) is 11.8 Å². The molecule has 4 rings (SSSR count). The molecule has 0 N–H and O–H groups in total. The van der Waals surface area contributed by atoms with E-state index < -0.39 is 0 Å². The molecule has 1 aliphatic heterocycles. The molecule has 1 aromatic carbocycles. The third kappa shape index (κ3) is 6.87. The number of hydrogen-bond donors (Lipinski definition) is 0. The lowest BCUT2D eigenvalue weighted by molar-refractivity contribution is -0.132. The molecule has 5 heteroatoms. The number of carbonyl (C=O) groups excluding carboxylic acids is 2. The van der Waals surface area contributed by atoms with Crippen molar-refractivity contribution in [2.75, 3.05) is 31.9 Å². The monoisotopic (exact) mass is 388 g/mol. The van der Waals surface area contributed by atoms with Crippen molar-refractivity contribution >= 4 is 24.1 Å². The van der Waals surface area contributed by atoms with Gasteiger partial charge in [0.1, 0.15) is 0 Å². The van der Waals surface area contributed by atoms with E-state index in [4.69, 9.17) is 0 Å². The molecule has 2 aliphatic carbocycles. The molecule has 0 bridgehead atoms. The van der Waals surface area contributed by atoms with Gasteiger partial charge < -0.3 is 9.80 Å². The summed E-state index contributed by atoms with van der Waals surface area (Å²) in [6, 6.07) is 10.8. The molecule has 4 nitrogen and oxygen atoms in total. The Morgan fingerprint density at radius 2 is 1.63 bits per heavy atom. The van der Waals surface area contributed by atoms with Crippen LogP contribution in [0.1, 0.15) is 56.4 Å². The molecule has 0 unspecified atom stereocenters. The lowest BCUT2D eigenvalue weighted by Gasteiger charge is -2.33. The summed E-state index contributed by atoms with van der Waals surface area (Å²) in [7, 11) is 0. The summed E-state index contributed by atoms with van der Waals surface area (Å²) in [4.78, 5) is 26.3. The van der Waals surface area contributed by atoms with Gasteiger partial charge in [-0.3, -0.25) is 9.59 Å². The zero-order valence-electron chi connectivity index (χ0n) is 16.2. The first-order valence-electron chi connectivity index (χ1n) is 10.4. The Kier molecular flexibility index (Phi) is 8.06. The highest BCUT2D eigenvalue weighted by atomic mass is 32.2. The van der Waals surface area contributed by atoms with E-state index in [1.54, 1.807) is 4.90 Å². The molecule has 0 atom stereocenters. The van der Waals surface area contributed by atoms with Crippen molar-refractivity contribution in [3.8, 4) is 0 Å². The largest absolute Gasteiger partial charge is 0.342 e. The van der Waals surface area contributed by atoms with Crippen molar-refractivity contribution in [3.05, 3.63) is 35.9 Å². The Morgan fingerprint density at radius 3 is 2.22 bits per heavy atom. The molecule has 2 saturated carbocycles. The van der Waals surface area contributed by atoms with E-state index in [1.807, 2.05) is 16.7 Å². The highest BCUT2D eigenvalue weighted by Crippen LogP contribution is 2.39. The predicted octanol–water partition coefficient (Wildman–Crippen LogP) is 3.92. The van der Waals surface area contributed by atoms with Crippen molar-refractivity contribution in [3.63, 3.8) is 0 Å². The van der Waals surface area contributed by atoms with Gasteiger partial charge in [0.2, 0.25) is 12.3 Å². The van der Waals surface area contributed by atoms with E-state index in [2.05, 4.69) is 30.3 Å². The summed E-state index contributed by atoms with van der Waals surface area (Å²) in [5.74, 6) is 1.77. The minimum Gasteiger partial charge on any atom is -0.342 e. The number of benzene rings is 1. The van der Waals surface area contributed by atoms with E-state index in [0.717, 1.165) is 12.3 Å². The summed E-state index contributed by atoms with van der Waals surface area (Å²) in [5.41, 5.74) is 1.53. The molecular weight excluding hydrogens is 356 g/mol. The van der Waals surface area contributed by atoms with E-state index in [-0.39, 0.29) is 5.91 Å². The van der Waals surface area contributed by atoms with E-state index >= 15 is 0 Å². The van der Waals surface area contributed by atoms with Gasteiger partial charge in [0.25, 0.3) is 0 Å². The van der Waals surface area contributed by atoms with Crippen molar-refractivity contribution in [1.29, 1.82) is 0 Å². The molecular formula is C22H32N2O2S. The Balaban J connectivity index is 0.000000193. The Hall–Kier alpha value is -1.49. The van der Waals surface area contributed by atoms with Crippen LogP contribution < -0.4 is 0 Å². The van der Waals surface area contributed by atoms with E-state index in [0.29, 0.717) is 37.2 Å². The van der Waals surface area contributed by atoms with Crippen LogP contribution >= 0.6 is 11.8 Å². The molecule has 1 heterocycles. The lowest BCUT2D eigenvalue weighted by Crippen LogP contribution is -2.48. The van der Waals surface area contributed by atoms with Gasteiger partial charge in [-0.2, -0.15) is 0 Å². The minimum atomic E-state index is 0.246. The van der Waals surface area contributed by atoms with E-state index in [1.165, 1.54) is 50.5 Å². The van der Waals surface area contributed by atoms with Crippen molar-refractivity contribution < 1.29 is 9.59 Å². The molecule has 0 aromatic heterocycles. The van der Waals surface area contributed by atoms with Gasteiger partial charge in [0.05, 0.1) is 5.75 Å². The second kappa shape index (κ2) is 10.7. The molecule has 1 aromatic rings. The number of amides is 2. The maximum Gasteiger partial charge on any atom is 0.232 e. The molecule has 3 fully saturated rings. The molecule has 148 valence electrons. The average molecular weight is 389 g/mol. The third-order valence-corrected chi connectivity index (χ3v) is 7.02. The zero-order valence-corrected chi connectivity index (χ0v) is 17.0. The first-order chi connectivity index (χ1) is 13.3. The molecule has 0 spiro atoms. The predicted molar refractivity (Wildman–Crippen MR) is 112 cm³/mol. The van der Waals surface area contributed by atoms with Gasteiger partial charge in [0, 0.05) is 31.4 Å². The minimum absolute atomic E-state index is 0.246. The molecule has 1 saturated heterocycles. The Bertz CT molecular complexity index is 577. The van der Waals surface area contributed by atoms with Crippen LogP contribution in [-0.2, 0) is 9.59 Å². The summed E-state index contributed by atoms with van der Waals surface area (Å²) in [6.45, 7) is 2.76. The van der Waals surface area contributed by atoms with Crippen molar-refractivity contribution in [1.82, 2.24) is 9.80 Å². The molecule has 2 amide bonds. The van der Waals surface area contributed by atoms with Gasteiger partial charge in [-0.25, -0.2) is 0 Å². The first kappa shape index (κ1) is 20.2. The van der Waals surface area contributed by atoms with Crippen molar-refractivity contribution in [2.45, 2.75) is 56.1 Å². The Labute approximate surface area is 167 Å². The van der Waals surface area contributed by atoms with Crippen LogP contribution in [-0.4, -0.2) is 59.3 Å². The standard InChI is InChI=1S/C13H22N2O2S.C9H10/c16-11-14-6-8-15(9-7-14)13(17)10-18-12-4-2-1-3-5-12;1-2-4-8(5-3-1)9-6-7-9/h11-12H,1-10H2;1-5,9H,6-7H2. The zero-order chi connectivity index (χ0) is 18.9. The molecule has 27 heavy (non-hydrogen) atoms. The second-order valence-electron chi connectivity index (χ2n) is 7.78. The highest BCUT2D eigenvalue weighted by Gasteiger charge is 2.23. The Morgan fingerprint density at radius 1 is 0.963 bits per heavy atom. The maximum atomic E-state index is 12.0. The maximum absolute atomic E-state index is 12.0. The van der Waals surface area contributed by atoms with Crippen LogP contribution in [0.4, 0.5) is 0 Å². The second-order valence-corrected chi connectivity index (χ2v) is 9.07. The lowest BCUT2D eigenvalue weighted by atomic mass is 10.0. The normalized spacial score (nSPS) is 20.6. The fourth-order valence-electron chi connectivity index (χ4n) is 3.73. The van der Waals surface area contributed by atoms with Crippen LogP contribution in [0, 0.1) is 0 Å². The number of rotatable bonds is 5. The van der Waals surface area contributed by atoms with Crippen LogP contribution in [0.25, 0.3) is 0 Å². The van der Waals surface area contributed by atoms with E-state index in [9.17, 15) is 9.59 Å². The number of hydrogen-bond acceptors (Lipinski definition) is 3. The first-order valence-corrected chi connectivity index (χ1v) is 11.4. The highest BCUT2D eigenvalue weighted by molar-refractivity contribution is 8.00. The van der Waals surface area contributed by atoms with Gasteiger partial charge >= 0.3 is 0 Å². The summed E-state index contributed by atoms with van der Waals surface area (Å²) < 4.78 is 0. The topological polar surface area (TPSA) is 40.6 Å². The SMILES string of the molecule is O=CN1CCN(C(=O)CSC2CCCCC2)CC1.c1ccc(C2CC2)cc1. The molecule has 3 aliphatic rings. The fourth-order valence-corrected chi connectivity index (χ4v) is 4.96. The fraction of sp³-hybridized carbons (Fsp3) is 0.636. The van der Waals surface area contributed by atoms with Crippen LogP contribution in [0.15, 0.2) is 30.3 Å². The van der Waals surface area contributed by atoms with Gasteiger partial charge in [-0.1, -0.05) is 49.6 Å². The van der Waals surface area contributed by atoms with Crippen LogP contribution in [0.5, 0.6) is 0 Å². The summed E-state index contributed by atoms with van der Waals surface area (Å²) >= 11 is 1.83. The average Bonchev–Trinajstić information content (AvgIpc) is 3.59. The molecule has 0 radical (unpaired) electrons. The third-order valence-electron chi connectivity index (χ3n) is 5.66. The van der Waals surface area contributed by atoms with Crippen LogP contribution in [0.3, 0.4) is 0 Å². The number of piperazine rings is 1. The quantitative estimate of drug-likeness (QED) is 0.718. The van der Waals surface area contributed by atoms with Gasteiger partial charge in [-0.05, 0) is 37.2 Å². The summed E-state index contributed by atoms with van der Waals surface area (Å²) in [6.07, 6.45) is 10.2. The number of thioether (sulfide) groups is 1. The van der Waals surface area contributed by atoms with Crippen LogP contribution in [0.2, 0.25) is 0 Å². The number of nitrogens with zero attached hydrogens (tertiary/aromatic N) is 2. The summed E-state index contributed by atoms with van der Waals surface area (Å²) in [5, 5.41) is 0.693. The number of carbonyl (C=O) groups is 2. The smallest absolute Gasteiger partial charge is 0.232 e.